The van der Waals surface area contributed by atoms with Gasteiger partial charge in [0.2, 0.25) is 0 Å². The van der Waals surface area contributed by atoms with Gasteiger partial charge in [-0.15, -0.1) is 0 Å². The zero-order valence-electron chi connectivity index (χ0n) is 9.10. The largest absolute Gasteiger partial charge is 0.207 e. The van der Waals surface area contributed by atoms with Crippen molar-refractivity contribution in [3.8, 4) is 0 Å². The Morgan fingerprint density at radius 1 is 1.21 bits per heavy atom. The molecule has 14 heavy (non-hydrogen) atoms. The van der Waals surface area contributed by atoms with E-state index in [0.29, 0.717) is 5.16 Å². The Kier molecular flexibility index (Phi) is 4.07. The molecule has 1 aromatic carbocycles. The average Bonchev–Trinajstić information content (AvgIpc) is 2.08. The van der Waals surface area contributed by atoms with E-state index in [-0.39, 0.29) is 5.82 Å². The van der Waals surface area contributed by atoms with Gasteiger partial charge in [0, 0.05) is 0 Å². The van der Waals surface area contributed by atoms with E-state index in [1.54, 1.807) is 12.1 Å². The molecule has 78 valence electrons. The summed E-state index contributed by atoms with van der Waals surface area (Å²) in [5.41, 5.74) is 0. The van der Waals surface area contributed by atoms with E-state index in [9.17, 15) is 4.39 Å². The Labute approximate surface area is 87.7 Å². The van der Waals surface area contributed by atoms with Crippen LogP contribution in [0.1, 0.15) is 33.6 Å². The molecular formula is C12H18FP. The van der Waals surface area contributed by atoms with Gasteiger partial charge in [0.1, 0.15) is 5.82 Å². The summed E-state index contributed by atoms with van der Waals surface area (Å²) >= 11 is 0. The van der Waals surface area contributed by atoms with Crippen molar-refractivity contribution in [2.45, 2.75) is 38.8 Å². The van der Waals surface area contributed by atoms with E-state index >= 15 is 0 Å². The highest BCUT2D eigenvalue weighted by molar-refractivity contribution is 7.48. The van der Waals surface area contributed by atoms with Crippen LogP contribution in [-0.4, -0.2) is 5.16 Å². The van der Waals surface area contributed by atoms with Gasteiger partial charge >= 0.3 is 0 Å². The highest BCUT2D eigenvalue weighted by atomic mass is 31.1. The van der Waals surface area contributed by atoms with Gasteiger partial charge < -0.3 is 0 Å². The molecule has 0 bridgehead atoms. The Morgan fingerprint density at radius 3 is 2.29 bits per heavy atom. The topological polar surface area (TPSA) is 0 Å². The Hall–Kier alpha value is -0.420. The molecule has 1 rings (SSSR count). The molecule has 0 aromatic heterocycles. The third-order valence-corrected chi connectivity index (χ3v) is 3.75. The Bertz CT molecular complexity index is 277. The van der Waals surface area contributed by atoms with Gasteiger partial charge in [0.25, 0.3) is 0 Å². The van der Waals surface area contributed by atoms with E-state index in [1.807, 2.05) is 12.1 Å². The normalized spacial score (nSPS) is 12.6. The fraction of sp³-hybridized carbons (Fsp3) is 0.500. The second-order valence-corrected chi connectivity index (χ2v) is 6.45. The molecule has 2 heteroatoms. The molecule has 0 heterocycles. The number of halogens is 1. The number of rotatable bonds is 4. The standard InChI is InChI=1S/C12H18FP/c1-4-9-12(2,3)14-11-7-5-10(13)6-8-11/h5-8,14H,4,9H2,1-3H3. The second kappa shape index (κ2) is 4.89. The minimum atomic E-state index is -0.146. The maximum Gasteiger partial charge on any atom is 0.123 e. The van der Waals surface area contributed by atoms with Crippen molar-refractivity contribution in [3.63, 3.8) is 0 Å². The summed E-state index contributed by atoms with van der Waals surface area (Å²) in [7, 11) is 0.768. The van der Waals surface area contributed by atoms with Gasteiger partial charge in [0.05, 0.1) is 0 Å². The molecule has 0 spiro atoms. The molecule has 0 saturated carbocycles. The zero-order valence-corrected chi connectivity index (χ0v) is 10.1. The number of hydrogen-bond donors (Lipinski definition) is 0. The van der Waals surface area contributed by atoms with Crippen molar-refractivity contribution in [1.82, 2.24) is 0 Å². The van der Waals surface area contributed by atoms with Crippen molar-refractivity contribution in [1.29, 1.82) is 0 Å². The van der Waals surface area contributed by atoms with Crippen LogP contribution in [0.2, 0.25) is 0 Å². The predicted molar refractivity (Wildman–Crippen MR) is 63.3 cm³/mol. The maximum atomic E-state index is 12.7. The Morgan fingerprint density at radius 2 is 1.79 bits per heavy atom. The van der Waals surface area contributed by atoms with Gasteiger partial charge in [0.15, 0.2) is 0 Å². The van der Waals surface area contributed by atoms with Crippen molar-refractivity contribution < 1.29 is 4.39 Å². The fourth-order valence-electron chi connectivity index (χ4n) is 1.61. The van der Waals surface area contributed by atoms with Gasteiger partial charge in [-0.2, -0.15) is 0 Å². The van der Waals surface area contributed by atoms with Crippen LogP contribution in [0.4, 0.5) is 4.39 Å². The van der Waals surface area contributed by atoms with Gasteiger partial charge in [-0.3, -0.25) is 0 Å². The molecule has 0 aliphatic heterocycles. The van der Waals surface area contributed by atoms with Crippen molar-refractivity contribution in [2.75, 3.05) is 0 Å². The van der Waals surface area contributed by atoms with Crippen LogP contribution in [-0.2, 0) is 0 Å². The summed E-state index contributed by atoms with van der Waals surface area (Å²) in [6.07, 6.45) is 2.43. The van der Waals surface area contributed by atoms with Crippen LogP contribution < -0.4 is 5.30 Å². The van der Waals surface area contributed by atoms with Crippen molar-refractivity contribution in [3.05, 3.63) is 30.1 Å². The van der Waals surface area contributed by atoms with Gasteiger partial charge in [-0.1, -0.05) is 47.9 Å². The van der Waals surface area contributed by atoms with Crippen LogP contribution >= 0.6 is 8.58 Å². The third kappa shape index (κ3) is 3.75. The van der Waals surface area contributed by atoms with Crippen LogP contribution in [0.15, 0.2) is 24.3 Å². The summed E-state index contributed by atoms with van der Waals surface area (Å²) in [6, 6.07) is 6.88. The molecule has 0 fully saturated rings. The molecule has 0 radical (unpaired) electrons. The zero-order chi connectivity index (χ0) is 10.6. The first kappa shape index (κ1) is 11.7. The minimum absolute atomic E-state index is 0.146. The van der Waals surface area contributed by atoms with E-state index in [1.165, 1.54) is 18.1 Å². The lowest BCUT2D eigenvalue weighted by molar-refractivity contribution is 0.622. The molecule has 0 amide bonds. The lowest BCUT2D eigenvalue weighted by Crippen LogP contribution is -2.16. The van der Waals surface area contributed by atoms with Crippen LogP contribution in [0.5, 0.6) is 0 Å². The predicted octanol–water partition coefficient (Wildman–Crippen LogP) is 3.71. The molecule has 1 aromatic rings. The molecular weight excluding hydrogens is 194 g/mol. The first-order valence-corrected chi connectivity index (χ1v) is 6.07. The summed E-state index contributed by atoms with van der Waals surface area (Å²) < 4.78 is 12.7. The highest BCUT2D eigenvalue weighted by Gasteiger charge is 2.16. The average molecular weight is 212 g/mol. The third-order valence-electron chi connectivity index (χ3n) is 2.20. The monoisotopic (exact) mass is 212 g/mol. The maximum absolute atomic E-state index is 12.7. The Balaban J connectivity index is 2.64. The summed E-state index contributed by atoms with van der Waals surface area (Å²) in [4.78, 5) is 0. The van der Waals surface area contributed by atoms with Crippen molar-refractivity contribution in [2.24, 2.45) is 0 Å². The molecule has 0 N–H and O–H groups in total. The first-order valence-electron chi connectivity index (χ1n) is 5.07. The molecule has 0 aliphatic rings. The molecule has 0 nitrogen and oxygen atoms in total. The van der Waals surface area contributed by atoms with E-state index < -0.39 is 0 Å². The lowest BCUT2D eigenvalue weighted by Gasteiger charge is -2.24. The quantitative estimate of drug-likeness (QED) is 0.667. The lowest BCUT2D eigenvalue weighted by atomic mass is 10.1. The molecule has 0 saturated heterocycles. The smallest absolute Gasteiger partial charge is 0.123 e. The van der Waals surface area contributed by atoms with E-state index in [4.69, 9.17) is 0 Å². The highest BCUT2D eigenvalue weighted by Crippen LogP contribution is 2.34. The fourth-order valence-corrected chi connectivity index (χ4v) is 3.10. The molecule has 1 unspecified atom stereocenters. The van der Waals surface area contributed by atoms with E-state index in [2.05, 4.69) is 20.8 Å². The molecule has 0 aliphatic carbocycles. The van der Waals surface area contributed by atoms with Gasteiger partial charge in [-0.25, -0.2) is 4.39 Å². The number of hydrogen-bond acceptors (Lipinski definition) is 0. The summed E-state index contributed by atoms with van der Waals surface area (Å²) in [5, 5.41) is 1.61. The van der Waals surface area contributed by atoms with Crippen LogP contribution in [0.25, 0.3) is 0 Å². The summed E-state index contributed by atoms with van der Waals surface area (Å²) in [5.74, 6) is -0.146. The van der Waals surface area contributed by atoms with Crippen molar-refractivity contribution >= 4 is 13.9 Å². The van der Waals surface area contributed by atoms with Gasteiger partial charge in [-0.05, 0) is 29.0 Å². The van der Waals surface area contributed by atoms with Crippen LogP contribution in [0.3, 0.4) is 0 Å². The first-order chi connectivity index (χ1) is 6.53. The summed E-state index contributed by atoms with van der Waals surface area (Å²) in [6.45, 7) is 6.76. The van der Waals surface area contributed by atoms with Crippen LogP contribution in [0, 0.1) is 5.82 Å². The van der Waals surface area contributed by atoms with E-state index in [0.717, 1.165) is 8.58 Å². The minimum Gasteiger partial charge on any atom is -0.207 e. The number of benzene rings is 1. The second-order valence-electron chi connectivity index (χ2n) is 4.27. The SMILES string of the molecule is CCCC(C)(C)Pc1ccc(F)cc1. The molecule has 1 atom stereocenters.